The fraction of sp³-hybridized carbons (Fsp3) is 0. The van der Waals surface area contributed by atoms with Crippen LogP contribution in [0.15, 0.2) is 133 Å². The molecule has 0 aliphatic rings. The third-order valence-corrected chi connectivity index (χ3v) is 12.4. The van der Waals surface area contributed by atoms with Crippen molar-refractivity contribution in [2.75, 3.05) is 0 Å². The molecule has 0 bridgehead atoms. The lowest BCUT2D eigenvalue weighted by Crippen LogP contribution is -2.29. The van der Waals surface area contributed by atoms with Gasteiger partial charge in [-0.15, -0.1) is 0 Å². The van der Waals surface area contributed by atoms with Gasteiger partial charge in [-0.25, -0.2) is 0 Å². The van der Waals surface area contributed by atoms with Crippen molar-refractivity contribution in [3.63, 3.8) is 0 Å². The van der Waals surface area contributed by atoms with Crippen LogP contribution >= 0.6 is 14.3 Å². The molecule has 36 heavy (non-hydrogen) atoms. The third kappa shape index (κ3) is 3.99. The first-order valence-electron chi connectivity index (χ1n) is 11.5. The number of benzene rings is 5. The normalized spacial score (nSPS) is 11.8. The Morgan fingerprint density at radius 2 is 0.611 bits per heavy atom. The van der Waals surface area contributed by atoms with Crippen LogP contribution in [-0.2, 0) is 9.13 Å². The van der Waals surface area contributed by atoms with E-state index in [1.54, 1.807) is 97.1 Å². The minimum atomic E-state index is -3.56. The molecule has 0 heterocycles. The molecule has 0 aromatic heterocycles. The zero-order chi connectivity index (χ0) is 25.2. The Hall–Kier alpha value is -3.84. The maximum atomic E-state index is 14.8. The molecule has 0 fully saturated rings. The molecule has 5 rings (SSSR count). The first-order chi connectivity index (χ1) is 17.5. The predicted octanol–water partition coefficient (Wildman–Crippen LogP) is 4.38. The van der Waals surface area contributed by atoms with E-state index in [2.05, 4.69) is 0 Å². The van der Waals surface area contributed by atoms with Gasteiger partial charge >= 0.3 is 0 Å². The standard InChI is InChI=1S/C30H24O4P2/c31-27-22-30(36(34,25-17-9-3-10-18-25)26-19-11-4-12-20-26)28(32)21-29(27)35(33,23-13-5-1-6-14-23)24-15-7-2-8-16-24/h1-22,31-32H. The van der Waals surface area contributed by atoms with E-state index in [0.717, 1.165) is 0 Å². The van der Waals surface area contributed by atoms with Crippen LogP contribution in [0.1, 0.15) is 0 Å². The molecule has 0 unspecified atom stereocenters. The Balaban J connectivity index is 1.77. The van der Waals surface area contributed by atoms with Gasteiger partial charge in [0.1, 0.15) is 11.5 Å². The fourth-order valence-electron chi connectivity index (χ4n) is 4.47. The third-order valence-electron chi connectivity index (χ3n) is 6.23. The zero-order valence-corrected chi connectivity index (χ0v) is 21.1. The van der Waals surface area contributed by atoms with E-state index in [0.29, 0.717) is 21.2 Å². The van der Waals surface area contributed by atoms with Crippen LogP contribution in [0.2, 0.25) is 0 Å². The fourth-order valence-corrected chi connectivity index (χ4v) is 9.92. The molecule has 0 amide bonds. The molecule has 0 saturated heterocycles. The molecule has 5 aromatic carbocycles. The van der Waals surface area contributed by atoms with E-state index in [1.165, 1.54) is 12.1 Å². The predicted molar refractivity (Wildman–Crippen MR) is 149 cm³/mol. The summed E-state index contributed by atoms with van der Waals surface area (Å²) in [6, 6.07) is 38.2. The van der Waals surface area contributed by atoms with Gasteiger partial charge in [0.25, 0.3) is 0 Å². The van der Waals surface area contributed by atoms with Crippen LogP contribution in [-0.4, -0.2) is 10.2 Å². The summed E-state index contributed by atoms with van der Waals surface area (Å²) in [5.74, 6) is -0.572. The average Bonchev–Trinajstić information content (AvgIpc) is 2.95. The summed E-state index contributed by atoms with van der Waals surface area (Å²) >= 11 is 0. The van der Waals surface area contributed by atoms with Gasteiger partial charge in [0.2, 0.25) is 0 Å². The van der Waals surface area contributed by atoms with E-state index in [1.807, 2.05) is 24.3 Å². The minimum absolute atomic E-state index is 0.0915. The van der Waals surface area contributed by atoms with Gasteiger partial charge in [-0.2, -0.15) is 0 Å². The number of phenolic OH excluding ortho intramolecular Hbond substituents is 2. The zero-order valence-electron chi connectivity index (χ0n) is 19.3. The van der Waals surface area contributed by atoms with Gasteiger partial charge in [-0.05, 0) is 12.1 Å². The number of phenols is 2. The number of rotatable bonds is 6. The monoisotopic (exact) mass is 510 g/mol. The summed E-state index contributed by atoms with van der Waals surface area (Å²) in [4.78, 5) is 0. The van der Waals surface area contributed by atoms with Crippen LogP contribution in [0.4, 0.5) is 0 Å². The largest absolute Gasteiger partial charge is 0.507 e. The van der Waals surface area contributed by atoms with Gasteiger partial charge in [0.05, 0.1) is 10.6 Å². The van der Waals surface area contributed by atoms with Crippen molar-refractivity contribution in [2.45, 2.75) is 0 Å². The second kappa shape index (κ2) is 9.66. The highest BCUT2D eigenvalue weighted by Crippen LogP contribution is 2.49. The van der Waals surface area contributed by atoms with Crippen molar-refractivity contribution in [3.8, 4) is 11.5 Å². The Morgan fingerprint density at radius 3 is 0.833 bits per heavy atom. The van der Waals surface area contributed by atoms with E-state index < -0.39 is 14.3 Å². The van der Waals surface area contributed by atoms with E-state index in [4.69, 9.17) is 0 Å². The van der Waals surface area contributed by atoms with Gasteiger partial charge in [0, 0.05) is 21.2 Å². The maximum Gasteiger partial charge on any atom is 0.174 e. The van der Waals surface area contributed by atoms with Gasteiger partial charge in [0.15, 0.2) is 14.3 Å². The SMILES string of the molecule is O=P(c1ccccc1)(c1ccccc1)c1cc(O)c(P(=O)(c2ccccc2)c2ccccc2)cc1O. The van der Waals surface area contributed by atoms with Crippen molar-refractivity contribution in [3.05, 3.63) is 133 Å². The van der Waals surface area contributed by atoms with Gasteiger partial charge in [-0.3, -0.25) is 0 Å². The summed E-state index contributed by atoms with van der Waals surface area (Å²) in [5.41, 5.74) is 0. The van der Waals surface area contributed by atoms with Crippen molar-refractivity contribution < 1.29 is 19.3 Å². The highest BCUT2D eigenvalue weighted by molar-refractivity contribution is 7.86. The molecule has 6 heteroatoms. The molecule has 0 aliphatic heterocycles. The highest BCUT2D eigenvalue weighted by Gasteiger charge is 2.37. The number of hydrogen-bond acceptors (Lipinski definition) is 4. The van der Waals surface area contributed by atoms with E-state index >= 15 is 0 Å². The lowest BCUT2D eigenvalue weighted by Gasteiger charge is -2.24. The molecule has 4 nitrogen and oxygen atoms in total. The van der Waals surface area contributed by atoms with Crippen molar-refractivity contribution >= 4 is 46.1 Å². The van der Waals surface area contributed by atoms with Crippen LogP contribution < -0.4 is 31.8 Å². The number of hydrogen-bond donors (Lipinski definition) is 2. The molecular weight excluding hydrogens is 486 g/mol. The van der Waals surface area contributed by atoms with Crippen molar-refractivity contribution in [1.82, 2.24) is 0 Å². The van der Waals surface area contributed by atoms with E-state index in [9.17, 15) is 19.3 Å². The van der Waals surface area contributed by atoms with Crippen LogP contribution in [0.25, 0.3) is 0 Å². The van der Waals surface area contributed by atoms with Crippen LogP contribution in [0.3, 0.4) is 0 Å². The average molecular weight is 510 g/mol. The van der Waals surface area contributed by atoms with Gasteiger partial charge in [-0.1, -0.05) is 121 Å². The van der Waals surface area contributed by atoms with Crippen LogP contribution in [0.5, 0.6) is 11.5 Å². The first-order valence-corrected chi connectivity index (χ1v) is 14.9. The second-order valence-corrected chi connectivity index (χ2v) is 13.9. The molecule has 0 saturated carbocycles. The molecule has 5 aromatic rings. The maximum absolute atomic E-state index is 14.8. The first kappa shape index (κ1) is 23.9. The molecule has 0 aliphatic carbocycles. The Labute approximate surface area is 210 Å². The smallest absolute Gasteiger partial charge is 0.174 e. The Morgan fingerprint density at radius 1 is 0.389 bits per heavy atom. The topological polar surface area (TPSA) is 74.6 Å². The Kier molecular flexibility index (Phi) is 6.41. The summed E-state index contributed by atoms with van der Waals surface area (Å²) < 4.78 is 29.5. The molecule has 2 N–H and O–H groups in total. The van der Waals surface area contributed by atoms with Crippen molar-refractivity contribution in [1.29, 1.82) is 0 Å². The number of aromatic hydroxyl groups is 2. The van der Waals surface area contributed by atoms with Gasteiger partial charge < -0.3 is 19.3 Å². The van der Waals surface area contributed by atoms with E-state index in [-0.39, 0.29) is 22.1 Å². The summed E-state index contributed by atoms with van der Waals surface area (Å²) in [6.07, 6.45) is 0. The molecule has 0 spiro atoms. The Bertz CT molecular complexity index is 1380. The minimum Gasteiger partial charge on any atom is -0.507 e. The molecular formula is C30H24O4P2. The summed E-state index contributed by atoms with van der Waals surface area (Å²) in [7, 11) is -7.11. The summed E-state index contributed by atoms with van der Waals surface area (Å²) in [5, 5.41) is 24.9. The lowest BCUT2D eigenvalue weighted by atomic mass is 10.3. The molecule has 0 atom stereocenters. The lowest BCUT2D eigenvalue weighted by molar-refractivity contribution is 0.466. The van der Waals surface area contributed by atoms with Crippen LogP contribution in [0, 0.1) is 0 Å². The molecule has 178 valence electrons. The highest BCUT2D eigenvalue weighted by atomic mass is 31.2. The quantitative estimate of drug-likeness (QED) is 0.263. The summed E-state index contributed by atoms with van der Waals surface area (Å²) in [6.45, 7) is 0. The second-order valence-electron chi connectivity index (χ2n) is 8.39. The van der Waals surface area contributed by atoms with Crippen molar-refractivity contribution in [2.24, 2.45) is 0 Å². The molecule has 0 radical (unpaired) electrons.